The van der Waals surface area contributed by atoms with Gasteiger partial charge in [0.2, 0.25) is 0 Å². The van der Waals surface area contributed by atoms with Crippen LogP contribution in [0.5, 0.6) is 0 Å². The Hall–Kier alpha value is -1.79. The standard InChI is InChI=1S/C12H18N2O5/c1-19-11(17)8-4-5-14(6-8)12(18)13-9(10(15)16)7-2-3-7/h7-9H,2-6H2,1H3,(H,13,18)(H,15,16). The first-order valence-electron chi connectivity index (χ1n) is 6.39. The predicted octanol–water partition coefficient (Wildman–Crippen LogP) is 0.0541. The molecule has 0 aromatic heterocycles. The van der Waals surface area contributed by atoms with E-state index in [9.17, 15) is 14.4 Å². The number of carboxylic acids is 1. The summed E-state index contributed by atoms with van der Waals surface area (Å²) in [6, 6.07) is -1.23. The number of carboxylic acid groups (broad SMARTS) is 1. The minimum atomic E-state index is -1.00. The zero-order valence-corrected chi connectivity index (χ0v) is 10.8. The quantitative estimate of drug-likeness (QED) is 0.704. The molecule has 2 atom stereocenters. The lowest BCUT2D eigenvalue weighted by Crippen LogP contribution is -2.48. The largest absolute Gasteiger partial charge is 0.480 e. The molecule has 106 valence electrons. The van der Waals surface area contributed by atoms with Crippen molar-refractivity contribution in [2.24, 2.45) is 11.8 Å². The second-order valence-electron chi connectivity index (χ2n) is 5.06. The number of nitrogens with zero attached hydrogens (tertiary/aromatic N) is 1. The van der Waals surface area contributed by atoms with Crippen molar-refractivity contribution in [2.45, 2.75) is 25.3 Å². The fraction of sp³-hybridized carbons (Fsp3) is 0.750. The molecule has 7 nitrogen and oxygen atoms in total. The number of ether oxygens (including phenoxy) is 1. The summed E-state index contributed by atoms with van der Waals surface area (Å²) in [5.74, 6) is -1.59. The predicted molar refractivity (Wildman–Crippen MR) is 64.4 cm³/mol. The average molecular weight is 270 g/mol. The summed E-state index contributed by atoms with van der Waals surface area (Å²) in [7, 11) is 1.32. The van der Waals surface area contributed by atoms with Crippen LogP contribution in [0.3, 0.4) is 0 Å². The molecule has 0 radical (unpaired) electrons. The van der Waals surface area contributed by atoms with Gasteiger partial charge in [0.25, 0.3) is 0 Å². The molecule has 1 saturated carbocycles. The third kappa shape index (κ3) is 3.15. The number of amides is 2. The number of rotatable bonds is 4. The highest BCUT2D eigenvalue weighted by Gasteiger charge is 2.39. The lowest BCUT2D eigenvalue weighted by atomic mass is 10.1. The highest BCUT2D eigenvalue weighted by atomic mass is 16.5. The first kappa shape index (κ1) is 13.6. The van der Waals surface area contributed by atoms with Crippen LogP contribution in [-0.2, 0) is 14.3 Å². The monoisotopic (exact) mass is 270 g/mol. The molecule has 2 N–H and O–H groups in total. The number of hydrogen-bond acceptors (Lipinski definition) is 4. The fourth-order valence-electron chi connectivity index (χ4n) is 2.34. The highest BCUT2D eigenvalue weighted by molar-refractivity contribution is 5.84. The highest BCUT2D eigenvalue weighted by Crippen LogP contribution is 2.33. The number of carbonyl (C=O) groups excluding carboxylic acids is 2. The van der Waals surface area contributed by atoms with E-state index in [2.05, 4.69) is 10.1 Å². The molecule has 2 fully saturated rings. The van der Waals surface area contributed by atoms with Crippen LogP contribution in [0, 0.1) is 11.8 Å². The molecule has 1 heterocycles. The summed E-state index contributed by atoms with van der Waals surface area (Å²) < 4.78 is 4.64. The van der Waals surface area contributed by atoms with E-state index in [-0.39, 0.29) is 24.3 Å². The molecule has 7 heteroatoms. The molecule has 0 bridgehead atoms. The summed E-state index contributed by atoms with van der Waals surface area (Å²) in [4.78, 5) is 35.8. The number of carbonyl (C=O) groups is 3. The molecule has 19 heavy (non-hydrogen) atoms. The summed E-state index contributed by atoms with van der Waals surface area (Å²) in [6.45, 7) is 0.734. The number of nitrogens with one attached hydrogen (secondary N) is 1. The third-order valence-electron chi connectivity index (χ3n) is 3.65. The van der Waals surface area contributed by atoms with Gasteiger partial charge in [-0.1, -0.05) is 0 Å². The van der Waals surface area contributed by atoms with Crippen LogP contribution >= 0.6 is 0 Å². The zero-order chi connectivity index (χ0) is 14.0. The smallest absolute Gasteiger partial charge is 0.326 e. The number of aliphatic carboxylic acids is 1. The van der Waals surface area contributed by atoms with Crippen LogP contribution in [0.4, 0.5) is 4.79 Å². The molecule has 1 aliphatic carbocycles. The van der Waals surface area contributed by atoms with E-state index in [1.54, 1.807) is 0 Å². The van der Waals surface area contributed by atoms with E-state index in [0.29, 0.717) is 13.0 Å². The number of hydrogen-bond donors (Lipinski definition) is 2. The first-order valence-corrected chi connectivity index (χ1v) is 6.39. The van der Waals surface area contributed by atoms with Gasteiger partial charge in [0.1, 0.15) is 6.04 Å². The summed E-state index contributed by atoms with van der Waals surface area (Å²) in [5.41, 5.74) is 0. The first-order chi connectivity index (χ1) is 9.02. The van der Waals surface area contributed by atoms with Crippen LogP contribution in [0.2, 0.25) is 0 Å². The maximum Gasteiger partial charge on any atom is 0.326 e. The number of likely N-dealkylation sites (tertiary alicyclic amines) is 1. The van der Waals surface area contributed by atoms with Crippen molar-refractivity contribution in [3.8, 4) is 0 Å². The van der Waals surface area contributed by atoms with E-state index in [1.165, 1.54) is 12.0 Å². The Morgan fingerprint density at radius 3 is 2.53 bits per heavy atom. The normalized spacial score (nSPS) is 23.8. The Bertz CT molecular complexity index is 394. The van der Waals surface area contributed by atoms with Crippen molar-refractivity contribution < 1.29 is 24.2 Å². The summed E-state index contributed by atoms with van der Waals surface area (Å²) >= 11 is 0. The van der Waals surface area contributed by atoms with Crippen LogP contribution in [0.15, 0.2) is 0 Å². The molecule has 2 amide bonds. The number of methoxy groups -OCH3 is 1. The van der Waals surface area contributed by atoms with Crippen molar-refractivity contribution in [1.29, 1.82) is 0 Å². The van der Waals surface area contributed by atoms with Crippen LogP contribution in [0.25, 0.3) is 0 Å². The molecule has 0 aromatic rings. The fourth-order valence-corrected chi connectivity index (χ4v) is 2.34. The van der Waals surface area contributed by atoms with Crippen molar-refractivity contribution in [3.63, 3.8) is 0 Å². The van der Waals surface area contributed by atoms with E-state index < -0.39 is 18.0 Å². The third-order valence-corrected chi connectivity index (χ3v) is 3.65. The molecule has 0 spiro atoms. The Balaban J connectivity index is 1.87. The molecule has 2 rings (SSSR count). The van der Waals surface area contributed by atoms with Gasteiger partial charge in [-0.25, -0.2) is 9.59 Å². The molecule has 2 unspecified atom stereocenters. The van der Waals surface area contributed by atoms with Gasteiger partial charge in [0.15, 0.2) is 0 Å². The number of esters is 1. The lowest BCUT2D eigenvalue weighted by molar-refractivity contribution is -0.145. The van der Waals surface area contributed by atoms with Gasteiger partial charge in [-0.2, -0.15) is 0 Å². The topological polar surface area (TPSA) is 95.9 Å². The molecular weight excluding hydrogens is 252 g/mol. The van der Waals surface area contributed by atoms with Crippen LogP contribution < -0.4 is 5.32 Å². The minimum Gasteiger partial charge on any atom is -0.480 e. The molecule has 0 aromatic carbocycles. The van der Waals surface area contributed by atoms with Gasteiger partial charge in [0.05, 0.1) is 13.0 Å². The Labute approximate surface area is 110 Å². The maximum atomic E-state index is 11.9. The van der Waals surface area contributed by atoms with Crippen molar-refractivity contribution in [1.82, 2.24) is 10.2 Å². The Morgan fingerprint density at radius 1 is 1.32 bits per heavy atom. The minimum absolute atomic E-state index is 0.0421. The maximum absolute atomic E-state index is 11.9. The van der Waals surface area contributed by atoms with Crippen LogP contribution in [-0.4, -0.2) is 54.2 Å². The average Bonchev–Trinajstić information content (AvgIpc) is 3.10. The second-order valence-corrected chi connectivity index (χ2v) is 5.06. The lowest BCUT2D eigenvalue weighted by Gasteiger charge is -2.20. The molecule has 2 aliphatic rings. The second kappa shape index (κ2) is 5.46. The van der Waals surface area contributed by atoms with E-state index >= 15 is 0 Å². The van der Waals surface area contributed by atoms with Gasteiger partial charge >= 0.3 is 18.0 Å². The zero-order valence-electron chi connectivity index (χ0n) is 10.8. The van der Waals surface area contributed by atoms with Gasteiger partial charge in [0, 0.05) is 13.1 Å². The van der Waals surface area contributed by atoms with Gasteiger partial charge in [-0.3, -0.25) is 4.79 Å². The van der Waals surface area contributed by atoms with Crippen molar-refractivity contribution in [3.05, 3.63) is 0 Å². The van der Waals surface area contributed by atoms with E-state index in [4.69, 9.17) is 5.11 Å². The van der Waals surface area contributed by atoms with Crippen molar-refractivity contribution >= 4 is 18.0 Å². The van der Waals surface area contributed by atoms with E-state index in [1.807, 2.05) is 0 Å². The summed E-state index contributed by atoms with van der Waals surface area (Å²) in [6.07, 6.45) is 2.23. The molecule has 1 saturated heterocycles. The Kier molecular flexibility index (Phi) is 3.92. The van der Waals surface area contributed by atoms with E-state index in [0.717, 1.165) is 12.8 Å². The molecular formula is C12H18N2O5. The SMILES string of the molecule is COC(=O)C1CCN(C(=O)NC(C(=O)O)C2CC2)C1. The number of urea groups is 1. The summed E-state index contributed by atoms with van der Waals surface area (Å²) in [5, 5.41) is 11.6. The molecule has 1 aliphatic heterocycles. The van der Waals surface area contributed by atoms with Gasteiger partial charge in [-0.05, 0) is 25.2 Å². The van der Waals surface area contributed by atoms with Gasteiger partial charge < -0.3 is 20.1 Å². The van der Waals surface area contributed by atoms with Crippen molar-refractivity contribution in [2.75, 3.05) is 20.2 Å². The van der Waals surface area contributed by atoms with Crippen LogP contribution in [0.1, 0.15) is 19.3 Å². The van der Waals surface area contributed by atoms with Gasteiger partial charge in [-0.15, -0.1) is 0 Å². The Morgan fingerprint density at radius 2 is 2.00 bits per heavy atom.